The number of hydrogen-bond acceptors (Lipinski definition) is 2. The molecular weight excluding hydrogens is 162 g/mol. The van der Waals surface area contributed by atoms with Crippen molar-refractivity contribution in [2.24, 2.45) is 0 Å². The lowest BCUT2D eigenvalue weighted by atomic mass is 9.82. The first-order chi connectivity index (χ1) is 6.38. The van der Waals surface area contributed by atoms with E-state index in [1.807, 2.05) is 12.3 Å². The quantitative estimate of drug-likeness (QED) is 0.712. The van der Waals surface area contributed by atoms with Gasteiger partial charge in [0.05, 0.1) is 6.10 Å². The monoisotopic (exact) mass is 177 g/mol. The summed E-state index contributed by atoms with van der Waals surface area (Å²) in [6.07, 6.45) is 7.94. The first-order valence-corrected chi connectivity index (χ1v) is 4.96. The zero-order chi connectivity index (χ0) is 9.10. The van der Waals surface area contributed by atoms with E-state index >= 15 is 0 Å². The van der Waals surface area contributed by atoms with Crippen molar-refractivity contribution in [1.29, 1.82) is 0 Å². The number of rotatable bonds is 1. The summed E-state index contributed by atoms with van der Waals surface area (Å²) in [5.41, 5.74) is 1.19. The van der Waals surface area contributed by atoms with E-state index in [0.29, 0.717) is 5.92 Å². The third-order valence-corrected chi connectivity index (χ3v) is 2.84. The van der Waals surface area contributed by atoms with Crippen LogP contribution in [-0.4, -0.2) is 16.2 Å². The number of aliphatic hydroxyl groups is 1. The van der Waals surface area contributed by atoms with Crippen molar-refractivity contribution in [3.8, 4) is 0 Å². The van der Waals surface area contributed by atoms with Crippen molar-refractivity contribution in [1.82, 2.24) is 4.98 Å². The molecule has 1 fully saturated rings. The molecule has 0 radical (unpaired) electrons. The molecule has 1 aromatic heterocycles. The van der Waals surface area contributed by atoms with Gasteiger partial charge in [-0.15, -0.1) is 0 Å². The highest BCUT2D eigenvalue weighted by Crippen LogP contribution is 2.32. The van der Waals surface area contributed by atoms with Crippen LogP contribution in [-0.2, 0) is 0 Å². The molecule has 0 bridgehead atoms. The molecule has 0 saturated heterocycles. The molecule has 2 rings (SSSR count). The van der Waals surface area contributed by atoms with Crippen LogP contribution < -0.4 is 0 Å². The molecule has 0 aromatic carbocycles. The van der Waals surface area contributed by atoms with Crippen molar-refractivity contribution in [2.45, 2.75) is 37.7 Å². The van der Waals surface area contributed by atoms with Gasteiger partial charge in [0.15, 0.2) is 0 Å². The van der Waals surface area contributed by atoms with Crippen LogP contribution >= 0.6 is 0 Å². The van der Waals surface area contributed by atoms with Gasteiger partial charge in [0.2, 0.25) is 0 Å². The number of pyridine rings is 1. The number of hydrogen-bond donors (Lipinski definition) is 1. The minimum absolute atomic E-state index is 0.155. The van der Waals surface area contributed by atoms with E-state index in [1.54, 1.807) is 6.20 Å². The molecule has 0 amide bonds. The second-order valence-corrected chi connectivity index (χ2v) is 3.74. The maximum atomic E-state index is 9.79. The van der Waals surface area contributed by atoms with E-state index in [9.17, 15) is 5.11 Å². The number of nitrogens with zero attached hydrogens (tertiary/aromatic N) is 1. The topological polar surface area (TPSA) is 33.1 Å². The van der Waals surface area contributed by atoms with Gasteiger partial charge in [-0.05, 0) is 24.5 Å². The van der Waals surface area contributed by atoms with E-state index in [-0.39, 0.29) is 6.10 Å². The van der Waals surface area contributed by atoms with Crippen molar-refractivity contribution >= 4 is 0 Å². The van der Waals surface area contributed by atoms with E-state index in [1.165, 1.54) is 12.0 Å². The fourth-order valence-corrected chi connectivity index (χ4v) is 2.10. The van der Waals surface area contributed by atoms with Crippen molar-refractivity contribution in [3.05, 3.63) is 30.1 Å². The standard InChI is InChI=1S/C11H15NO/c13-11-6-2-1-5-10(11)9-4-3-7-12-8-9/h3-4,7-8,10-11,13H,1-2,5-6H2/t10-,11-/m0/s1. The maximum absolute atomic E-state index is 9.79. The van der Waals surface area contributed by atoms with Gasteiger partial charge in [-0.2, -0.15) is 0 Å². The third-order valence-electron chi connectivity index (χ3n) is 2.84. The molecule has 70 valence electrons. The Labute approximate surface area is 78.6 Å². The molecule has 13 heavy (non-hydrogen) atoms. The van der Waals surface area contributed by atoms with Crippen molar-refractivity contribution in [3.63, 3.8) is 0 Å². The highest BCUT2D eigenvalue weighted by molar-refractivity contribution is 5.16. The Morgan fingerprint density at radius 1 is 1.31 bits per heavy atom. The zero-order valence-corrected chi connectivity index (χ0v) is 7.69. The molecule has 1 aromatic rings. The molecule has 1 saturated carbocycles. The largest absolute Gasteiger partial charge is 0.392 e. The fraction of sp³-hybridized carbons (Fsp3) is 0.545. The summed E-state index contributed by atoms with van der Waals surface area (Å²) in [6.45, 7) is 0. The Bertz CT molecular complexity index is 260. The minimum atomic E-state index is -0.155. The second kappa shape index (κ2) is 3.88. The van der Waals surface area contributed by atoms with Crippen LogP contribution in [0.2, 0.25) is 0 Å². The van der Waals surface area contributed by atoms with Crippen molar-refractivity contribution in [2.75, 3.05) is 0 Å². The summed E-state index contributed by atoms with van der Waals surface area (Å²) in [5.74, 6) is 0.322. The Morgan fingerprint density at radius 2 is 2.15 bits per heavy atom. The average Bonchev–Trinajstić information content (AvgIpc) is 2.20. The Kier molecular flexibility index (Phi) is 2.60. The molecule has 1 heterocycles. The molecule has 1 N–H and O–H groups in total. The minimum Gasteiger partial charge on any atom is -0.392 e. The predicted molar refractivity (Wildman–Crippen MR) is 51.5 cm³/mol. The molecule has 2 nitrogen and oxygen atoms in total. The van der Waals surface area contributed by atoms with Gasteiger partial charge in [0, 0.05) is 18.3 Å². The number of aliphatic hydroxyl groups excluding tert-OH is 1. The normalized spacial score (nSPS) is 28.7. The van der Waals surface area contributed by atoms with Gasteiger partial charge in [0.25, 0.3) is 0 Å². The lowest BCUT2D eigenvalue weighted by molar-refractivity contribution is 0.106. The first kappa shape index (κ1) is 8.70. The molecule has 1 aliphatic carbocycles. The second-order valence-electron chi connectivity index (χ2n) is 3.74. The van der Waals surface area contributed by atoms with Crippen LogP contribution in [0.25, 0.3) is 0 Å². The van der Waals surface area contributed by atoms with Gasteiger partial charge in [0.1, 0.15) is 0 Å². The Balaban J connectivity index is 2.15. The van der Waals surface area contributed by atoms with Crippen LogP contribution in [0.15, 0.2) is 24.5 Å². The Hall–Kier alpha value is -0.890. The summed E-state index contributed by atoms with van der Waals surface area (Å²) in [7, 11) is 0. The van der Waals surface area contributed by atoms with Gasteiger partial charge >= 0.3 is 0 Å². The molecule has 2 heteroatoms. The summed E-state index contributed by atoms with van der Waals surface area (Å²) < 4.78 is 0. The molecule has 1 aliphatic rings. The van der Waals surface area contributed by atoms with Gasteiger partial charge < -0.3 is 5.11 Å². The van der Waals surface area contributed by atoms with Crippen LogP contribution in [0.3, 0.4) is 0 Å². The lowest BCUT2D eigenvalue weighted by Gasteiger charge is -2.27. The smallest absolute Gasteiger partial charge is 0.0609 e. The predicted octanol–water partition coefficient (Wildman–Crippen LogP) is 2.10. The van der Waals surface area contributed by atoms with Crippen LogP contribution in [0.5, 0.6) is 0 Å². The number of aromatic nitrogens is 1. The molecule has 0 unspecified atom stereocenters. The van der Waals surface area contributed by atoms with E-state index in [4.69, 9.17) is 0 Å². The molecule has 0 spiro atoms. The van der Waals surface area contributed by atoms with Crippen LogP contribution in [0.4, 0.5) is 0 Å². The van der Waals surface area contributed by atoms with Gasteiger partial charge in [-0.3, -0.25) is 4.98 Å². The van der Waals surface area contributed by atoms with Crippen LogP contribution in [0.1, 0.15) is 37.2 Å². The SMILES string of the molecule is O[C@H]1CCCC[C@H]1c1cccnc1. The highest BCUT2D eigenvalue weighted by atomic mass is 16.3. The van der Waals surface area contributed by atoms with Crippen LogP contribution in [0, 0.1) is 0 Å². The highest BCUT2D eigenvalue weighted by Gasteiger charge is 2.24. The lowest BCUT2D eigenvalue weighted by Crippen LogP contribution is -2.22. The maximum Gasteiger partial charge on any atom is 0.0609 e. The first-order valence-electron chi connectivity index (χ1n) is 4.96. The van der Waals surface area contributed by atoms with Gasteiger partial charge in [-0.25, -0.2) is 0 Å². The third kappa shape index (κ3) is 1.89. The average molecular weight is 177 g/mol. The van der Waals surface area contributed by atoms with E-state index < -0.39 is 0 Å². The molecular formula is C11H15NO. The zero-order valence-electron chi connectivity index (χ0n) is 7.69. The summed E-state index contributed by atoms with van der Waals surface area (Å²) in [6, 6.07) is 4.00. The van der Waals surface area contributed by atoms with Gasteiger partial charge in [-0.1, -0.05) is 18.9 Å². The fourth-order valence-electron chi connectivity index (χ4n) is 2.10. The summed E-state index contributed by atoms with van der Waals surface area (Å²) >= 11 is 0. The summed E-state index contributed by atoms with van der Waals surface area (Å²) in [5, 5.41) is 9.79. The molecule has 2 atom stereocenters. The molecule has 0 aliphatic heterocycles. The van der Waals surface area contributed by atoms with E-state index in [0.717, 1.165) is 19.3 Å². The Morgan fingerprint density at radius 3 is 2.85 bits per heavy atom. The van der Waals surface area contributed by atoms with Crippen molar-refractivity contribution < 1.29 is 5.11 Å². The van der Waals surface area contributed by atoms with E-state index in [2.05, 4.69) is 11.1 Å². The summed E-state index contributed by atoms with van der Waals surface area (Å²) in [4.78, 5) is 4.08.